The Labute approximate surface area is 121 Å². The number of nitrogens with one attached hydrogen (secondary N) is 1. The zero-order valence-electron chi connectivity index (χ0n) is 12.8. The van der Waals surface area contributed by atoms with Gasteiger partial charge in [-0.3, -0.25) is 4.68 Å². The molecular formula is C16H24N4. The third-order valence-electron chi connectivity index (χ3n) is 3.37. The number of aryl methyl sites for hydroxylation is 1. The van der Waals surface area contributed by atoms with E-state index in [1.807, 2.05) is 10.9 Å². The molecule has 1 atom stereocenters. The molecule has 0 spiro atoms. The van der Waals surface area contributed by atoms with Crippen LogP contribution in [0.4, 0.5) is 5.69 Å². The summed E-state index contributed by atoms with van der Waals surface area (Å²) in [4.78, 5) is 2.16. The van der Waals surface area contributed by atoms with Gasteiger partial charge in [0, 0.05) is 18.8 Å². The molecule has 0 saturated heterocycles. The number of likely N-dealkylation sites (N-methyl/N-ethyl adjacent to an activating group) is 1. The molecule has 4 heteroatoms. The summed E-state index contributed by atoms with van der Waals surface area (Å²) in [5.74, 6) is 0. The second-order valence-corrected chi connectivity index (χ2v) is 5.57. The Kier molecular flexibility index (Phi) is 4.79. The molecule has 0 radical (unpaired) electrons. The van der Waals surface area contributed by atoms with Crippen LogP contribution >= 0.6 is 0 Å². The van der Waals surface area contributed by atoms with E-state index in [0.29, 0.717) is 0 Å². The molecule has 2 aromatic rings. The van der Waals surface area contributed by atoms with Gasteiger partial charge in [-0.15, -0.1) is 0 Å². The molecule has 0 aliphatic rings. The second-order valence-electron chi connectivity index (χ2n) is 5.57. The smallest absolute Gasteiger partial charge is 0.0731 e. The van der Waals surface area contributed by atoms with Crippen molar-refractivity contribution in [2.45, 2.75) is 26.4 Å². The monoisotopic (exact) mass is 272 g/mol. The number of hydrogen-bond acceptors (Lipinski definition) is 3. The fourth-order valence-electron chi connectivity index (χ4n) is 2.05. The van der Waals surface area contributed by atoms with Crippen molar-refractivity contribution in [3.05, 3.63) is 47.8 Å². The van der Waals surface area contributed by atoms with Gasteiger partial charge in [-0.1, -0.05) is 29.8 Å². The van der Waals surface area contributed by atoms with Crippen LogP contribution in [0.2, 0.25) is 0 Å². The molecule has 0 aliphatic heterocycles. The molecule has 20 heavy (non-hydrogen) atoms. The minimum Gasteiger partial charge on any atom is -0.376 e. The highest BCUT2D eigenvalue weighted by Crippen LogP contribution is 2.19. The van der Waals surface area contributed by atoms with Crippen LogP contribution < -0.4 is 5.32 Å². The largest absolute Gasteiger partial charge is 0.376 e. The van der Waals surface area contributed by atoms with Crippen molar-refractivity contribution in [3.63, 3.8) is 0 Å². The number of aromatic nitrogens is 2. The topological polar surface area (TPSA) is 33.1 Å². The van der Waals surface area contributed by atoms with Gasteiger partial charge in [0.2, 0.25) is 0 Å². The van der Waals surface area contributed by atoms with E-state index in [2.05, 4.69) is 73.7 Å². The van der Waals surface area contributed by atoms with Crippen LogP contribution in [0.25, 0.3) is 0 Å². The van der Waals surface area contributed by atoms with E-state index in [4.69, 9.17) is 0 Å². The summed E-state index contributed by atoms with van der Waals surface area (Å²) in [6.07, 6.45) is 3.95. The number of nitrogens with zero attached hydrogens (tertiary/aromatic N) is 3. The first-order chi connectivity index (χ1) is 9.54. The van der Waals surface area contributed by atoms with Crippen molar-refractivity contribution in [1.82, 2.24) is 14.7 Å². The first kappa shape index (κ1) is 14.6. The van der Waals surface area contributed by atoms with Crippen LogP contribution in [0, 0.1) is 6.92 Å². The lowest BCUT2D eigenvalue weighted by Gasteiger charge is -2.14. The van der Waals surface area contributed by atoms with Crippen LogP contribution in [0.5, 0.6) is 0 Å². The lowest BCUT2D eigenvalue weighted by atomic mass is 10.1. The Morgan fingerprint density at radius 2 is 1.95 bits per heavy atom. The average molecular weight is 272 g/mol. The molecule has 0 fully saturated rings. The quantitative estimate of drug-likeness (QED) is 0.877. The standard InChI is InChI=1S/C16H24N4/c1-13-5-7-15(8-6-13)14(2)18-16-11-17-20(12-16)10-9-19(3)4/h5-8,11-12,14,18H,9-10H2,1-4H3. The van der Waals surface area contributed by atoms with Gasteiger partial charge in [-0.25, -0.2) is 0 Å². The van der Waals surface area contributed by atoms with Crippen molar-refractivity contribution >= 4 is 5.69 Å². The van der Waals surface area contributed by atoms with Crippen molar-refractivity contribution in [2.24, 2.45) is 0 Å². The van der Waals surface area contributed by atoms with Crippen molar-refractivity contribution in [2.75, 3.05) is 26.0 Å². The average Bonchev–Trinajstić information content (AvgIpc) is 2.84. The highest BCUT2D eigenvalue weighted by atomic mass is 15.3. The Balaban J connectivity index is 1.94. The van der Waals surface area contributed by atoms with E-state index < -0.39 is 0 Å². The minimum atomic E-state index is 0.280. The molecular weight excluding hydrogens is 248 g/mol. The summed E-state index contributed by atoms with van der Waals surface area (Å²) >= 11 is 0. The summed E-state index contributed by atoms with van der Waals surface area (Å²) < 4.78 is 1.98. The summed E-state index contributed by atoms with van der Waals surface area (Å²) in [7, 11) is 4.14. The summed E-state index contributed by atoms with van der Waals surface area (Å²) in [5.41, 5.74) is 3.64. The predicted octanol–water partition coefficient (Wildman–Crippen LogP) is 2.93. The Hall–Kier alpha value is -1.81. The summed E-state index contributed by atoms with van der Waals surface area (Å²) in [5, 5.41) is 7.87. The molecule has 0 saturated carbocycles. The number of anilines is 1. The van der Waals surface area contributed by atoms with Crippen LogP contribution in [0.3, 0.4) is 0 Å². The maximum absolute atomic E-state index is 4.38. The van der Waals surface area contributed by atoms with E-state index in [0.717, 1.165) is 18.8 Å². The molecule has 1 aromatic carbocycles. The Bertz CT molecular complexity index is 528. The SMILES string of the molecule is Cc1ccc(C(C)Nc2cnn(CCN(C)C)c2)cc1. The normalized spacial score (nSPS) is 12.7. The lowest BCUT2D eigenvalue weighted by Crippen LogP contribution is -2.18. The molecule has 0 aliphatic carbocycles. The number of rotatable bonds is 6. The Morgan fingerprint density at radius 3 is 2.60 bits per heavy atom. The maximum atomic E-state index is 4.38. The lowest BCUT2D eigenvalue weighted by molar-refractivity contribution is 0.373. The van der Waals surface area contributed by atoms with E-state index in [9.17, 15) is 0 Å². The molecule has 1 N–H and O–H groups in total. The van der Waals surface area contributed by atoms with Gasteiger partial charge in [-0.05, 0) is 33.5 Å². The molecule has 0 bridgehead atoms. The number of benzene rings is 1. The van der Waals surface area contributed by atoms with Gasteiger partial charge in [0.15, 0.2) is 0 Å². The molecule has 0 amide bonds. The highest BCUT2D eigenvalue weighted by molar-refractivity contribution is 5.41. The Morgan fingerprint density at radius 1 is 1.25 bits per heavy atom. The summed E-state index contributed by atoms with van der Waals surface area (Å²) in [6, 6.07) is 8.91. The molecule has 2 rings (SSSR count). The van der Waals surface area contributed by atoms with E-state index in [-0.39, 0.29) is 6.04 Å². The first-order valence-electron chi connectivity index (χ1n) is 7.05. The third kappa shape index (κ3) is 4.10. The van der Waals surface area contributed by atoms with Crippen LogP contribution in [-0.4, -0.2) is 35.3 Å². The third-order valence-corrected chi connectivity index (χ3v) is 3.37. The first-order valence-corrected chi connectivity index (χ1v) is 7.05. The van der Waals surface area contributed by atoms with E-state index in [1.54, 1.807) is 0 Å². The van der Waals surface area contributed by atoms with E-state index in [1.165, 1.54) is 11.1 Å². The molecule has 1 heterocycles. The fraction of sp³-hybridized carbons (Fsp3) is 0.438. The van der Waals surface area contributed by atoms with Crippen LogP contribution in [0.1, 0.15) is 24.1 Å². The van der Waals surface area contributed by atoms with Crippen LogP contribution in [0.15, 0.2) is 36.7 Å². The van der Waals surface area contributed by atoms with Gasteiger partial charge in [-0.2, -0.15) is 5.10 Å². The summed E-state index contributed by atoms with van der Waals surface area (Å²) in [6.45, 7) is 6.18. The van der Waals surface area contributed by atoms with Gasteiger partial charge >= 0.3 is 0 Å². The highest BCUT2D eigenvalue weighted by Gasteiger charge is 2.06. The zero-order valence-corrected chi connectivity index (χ0v) is 12.8. The predicted molar refractivity (Wildman–Crippen MR) is 84.0 cm³/mol. The zero-order chi connectivity index (χ0) is 14.5. The van der Waals surface area contributed by atoms with Gasteiger partial charge < -0.3 is 10.2 Å². The van der Waals surface area contributed by atoms with Gasteiger partial charge in [0.05, 0.1) is 18.4 Å². The minimum absolute atomic E-state index is 0.280. The van der Waals surface area contributed by atoms with Gasteiger partial charge in [0.25, 0.3) is 0 Å². The molecule has 1 aromatic heterocycles. The molecule has 1 unspecified atom stereocenters. The fourth-order valence-corrected chi connectivity index (χ4v) is 2.05. The van der Waals surface area contributed by atoms with Crippen LogP contribution in [-0.2, 0) is 6.54 Å². The van der Waals surface area contributed by atoms with Crippen molar-refractivity contribution < 1.29 is 0 Å². The van der Waals surface area contributed by atoms with Crippen molar-refractivity contribution in [1.29, 1.82) is 0 Å². The van der Waals surface area contributed by atoms with Crippen molar-refractivity contribution in [3.8, 4) is 0 Å². The van der Waals surface area contributed by atoms with E-state index >= 15 is 0 Å². The molecule has 4 nitrogen and oxygen atoms in total. The molecule has 108 valence electrons. The second kappa shape index (κ2) is 6.57. The maximum Gasteiger partial charge on any atom is 0.0731 e. The number of hydrogen-bond donors (Lipinski definition) is 1. The van der Waals surface area contributed by atoms with Gasteiger partial charge in [0.1, 0.15) is 0 Å².